The van der Waals surface area contributed by atoms with Gasteiger partial charge in [-0.3, -0.25) is 9.36 Å². The maximum atomic E-state index is 12.5. The number of aromatic hydroxyl groups is 1. The SMILES string of the molecule is Cc1c(Cl)cc(NC(=O)c2nccn2-c2ccccc2)c(O)c1Cl. The van der Waals surface area contributed by atoms with Crippen molar-refractivity contribution < 1.29 is 9.90 Å². The highest BCUT2D eigenvalue weighted by Crippen LogP contribution is 2.38. The summed E-state index contributed by atoms with van der Waals surface area (Å²) in [5.74, 6) is -0.548. The van der Waals surface area contributed by atoms with Crippen molar-refractivity contribution in [3.63, 3.8) is 0 Å². The van der Waals surface area contributed by atoms with Crippen molar-refractivity contribution in [1.82, 2.24) is 9.55 Å². The Hall–Kier alpha value is -2.50. The largest absolute Gasteiger partial charge is 0.504 e. The van der Waals surface area contributed by atoms with Gasteiger partial charge in [0.1, 0.15) is 0 Å². The van der Waals surface area contributed by atoms with E-state index in [1.165, 1.54) is 12.3 Å². The summed E-state index contributed by atoms with van der Waals surface area (Å²) in [5.41, 5.74) is 1.46. The first kappa shape index (κ1) is 16.4. The van der Waals surface area contributed by atoms with Crippen molar-refractivity contribution in [1.29, 1.82) is 0 Å². The van der Waals surface area contributed by atoms with Crippen molar-refractivity contribution in [3.8, 4) is 11.4 Å². The molecule has 0 atom stereocenters. The molecule has 122 valence electrons. The Morgan fingerprint density at radius 3 is 2.67 bits per heavy atom. The second-order valence-corrected chi connectivity index (χ2v) is 5.89. The molecule has 0 unspecified atom stereocenters. The minimum Gasteiger partial charge on any atom is -0.504 e. The highest BCUT2D eigenvalue weighted by atomic mass is 35.5. The van der Waals surface area contributed by atoms with Crippen LogP contribution in [0.5, 0.6) is 5.75 Å². The first-order chi connectivity index (χ1) is 11.5. The van der Waals surface area contributed by atoms with Crippen LogP contribution >= 0.6 is 23.2 Å². The first-order valence-electron chi connectivity index (χ1n) is 7.06. The zero-order valence-corrected chi connectivity index (χ0v) is 14.1. The normalized spacial score (nSPS) is 10.6. The van der Waals surface area contributed by atoms with Gasteiger partial charge in [-0.15, -0.1) is 0 Å². The summed E-state index contributed by atoms with van der Waals surface area (Å²) in [5, 5.41) is 13.1. The fourth-order valence-electron chi connectivity index (χ4n) is 2.25. The maximum Gasteiger partial charge on any atom is 0.292 e. The van der Waals surface area contributed by atoms with Crippen LogP contribution in [0.25, 0.3) is 5.69 Å². The van der Waals surface area contributed by atoms with Gasteiger partial charge in [-0.2, -0.15) is 0 Å². The monoisotopic (exact) mass is 361 g/mol. The lowest BCUT2D eigenvalue weighted by atomic mass is 10.2. The van der Waals surface area contributed by atoms with E-state index in [1.807, 2.05) is 30.3 Å². The van der Waals surface area contributed by atoms with Crippen LogP contribution in [0.3, 0.4) is 0 Å². The standard InChI is InChI=1S/C17H13Cl2N3O2/c1-10-12(18)9-13(15(23)14(10)19)21-17(24)16-20-7-8-22(16)11-5-3-2-4-6-11/h2-9,23H,1H3,(H,21,24). The number of carbonyl (C=O) groups is 1. The third kappa shape index (κ3) is 2.96. The fourth-order valence-corrected chi connectivity index (χ4v) is 2.70. The van der Waals surface area contributed by atoms with Crippen LogP contribution in [-0.2, 0) is 0 Å². The molecule has 7 heteroatoms. The number of nitrogens with zero attached hydrogens (tertiary/aromatic N) is 2. The Kier molecular flexibility index (Phi) is 4.46. The number of hydrogen-bond donors (Lipinski definition) is 2. The van der Waals surface area contributed by atoms with Crippen LogP contribution < -0.4 is 5.32 Å². The molecule has 0 fully saturated rings. The van der Waals surface area contributed by atoms with Gasteiger partial charge >= 0.3 is 0 Å². The lowest BCUT2D eigenvalue weighted by Crippen LogP contribution is -2.17. The summed E-state index contributed by atoms with van der Waals surface area (Å²) in [6, 6.07) is 10.8. The molecule has 3 aromatic rings. The number of aromatic nitrogens is 2. The molecule has 0 aliphatic rings. The number of carbonyl (C=O) groups excluding carboxylic acids is 1. The molecule has 0 saturated heterocycles. The van der Waals surface area contributed by atoms with Crippen molar-refractivity contribution in [2.24, 2.45) is 0 Å². The fraction of sp³-hybridized carbons (Fsp3) is 0.0588. The number of hydrogen-bond acceptors (Lipinski definition) is 3. The van der Waals surface area contributed by atoms with Gasteiger partial charge in [-0.1, -0.05) is 41.4 Å². The second kappa shape index (κ2) is 6.55. The molecule has 5 nitrogen and oxygen atoms in total. The summed E-state index contributed by atoms with van der Waals surface area (Å²) in [6.45, 7) is 1.68. The molecular weight excluding hydrogens is 349 g/mol. The lowest BCUT2D eigenvalue weighted by Gasteiger charge is -2.12. The van der Waals surface area contributed by atoms with Crippen molar-refractivity contribution in [2.75, 3.05) is 5.32 Å². The maximum absolute atomic E-state index is 12.5. The van der Waals surface area contributed by atoms with E-state index in [0.717, 1.165) is 5.69 Å². The number of nitrogens with one attached hydrogen (secondary N) is 1. The van der Waals surface area contributed by atoms with E-state index < -0.39 is 5.91 Å². The van der Waals surface area contributed by atoms with Gasteiger partial charge in [0.25, 0.3) is 5.91 Å². The zero-order valence-electron chi connectivity index (χ0n) is 12.6. The molecule has 3 rings (SSSR count). The highest BCUT2D eigenvalue weighted by Gasteiger charge is 2.18. The summed E-state index contributed by atoms with van der Waals surface area (Å²) < 4.78 is 1.64. The summed E-state index contributed by atoms with van der Waals surface area (Å²) in [7, 11) is 0. The minimum atomic E-state index is -0.491. The molecule has 24 heavy (non-hydrogen) atoms. The van der Waals surface area contributed by atoms with Gasteiger partial charge in [-0.05, 0) is 30.7 Å². The number of para-hydroxylation sites is 1. The van der Waals surface area contributed by atoms with E-state index in [-0.39, 0.29) is 22.3 Å². The lowest BCUT2D eigenvalue weighted by molar-refractivity contribution is 0.101. The van der Waals surface area contributed by atoms with Gasteiger partial charge in [0.15, 0.2) is 5.75 Å². The van der Waals surface area contributed by atoms with Crippen LogP contribution in [0.2, 0.25) is 10.0 Å². The number of anilines is 1. The average molecular weight is 362 g/mol. The number of rotatable bonds is 3. The van der Waals surface area contributed by atoms with Crippen LogP contribution in [0.15, 0.2) is 48.8 Å². The first-order valence-corrected chi connectivity index (χ1v) is 7.82. The van der Waals surface area contributed by atoms with E-state index in [9.17, 15) is 9.90 Å². The molecule has 0 radical (unpaired) electrons. The molecule has 2 N–H and O–H groups in total. The Morgan fingerprint density at radius 1 is 1.25 bits per heavy atom. The quantitative estimate of drug-likeness (QED) is 0.677. The molecule has 2 aromatic carbocycles. The van der Waals surface area contributed by atoms with Gasteiger partial charge in [0.05, 0.1) is 10.7 Å². The number of halogens is 2. The predicted molar refractivity (Wildman–Crippen MR) is 94.4 cm³/mol. The number of amides is 1. The summed E-state index contributed by atoms with van der Waals surface area (Å²) in [4.78, 5) is 16.6. The molecule has 1 amide bonds. The Bertz CT molecular complexity index is 908. The van der Waals surface area contributed by atoms with E-state index in [2.05, 4.69) is 10.3 Å². The number of phenols is 1. The Morgan fingerprint density at radius 2 is 1.96 bits per heavy atom. The van der Waals surface area contributed by atoms with Gasteiger partial charge < -0.3 is 10.4 Å². The van der Waals surface area contributed by atoms with Gasteiger partial charge in [0.2, 0.25) is 5.82 Å². The zero-order chi connectivity index (χ0) is 17.3. The van der Waals surface area contributed by atoms with Crippen molar-refractivity contribution >= 4 is 34.8 Å². The topological polar surface area (TPSA) is 67.2 Å². The van der Waals surface area contributed by atoms with Crippen molar-refractivity contribution in [3.05, 3.63) is 70.2 Å². The van der Waals surface area contributed by atoms with Crippen LogP contribution in [0.1, 0.15) is 16.2 Å². The summed E-state index contributed by atoms with van der Waals surface area (Å²) in [6.07, 6.45) is 3.20. The Balaban J connectivity index is 1.94. The van der Waals surface area contributed by atoms with Crippen LogP contribution in [0.4, 0.5) is 5.69 Å². The summed E-state index contributed by atoms with van der Waals surface area (Å²) >= 11 is 12.1. The molecule has 0 spiro atoms. The van der Waals surface area contributed by atoms with Crippen LogP contribution in [0, 0.1) is 6.92 Å². The van der Waals surface area contributed by atoms with E-state index in [4.69, 9.17) is 23.2 Å². The Labute approximate surface area is 148 Å². The average Bonchev–Trinajstić information content (AvgIpc) is 3.08. The molecule has 1 heterocycles. The molecule has 0 bridgehead atoms. The highest BCUT2D eigenvalue weighted by molar-refractivity contribution is 6.37. The van der Waals surface area contributed by atoms with Crippen molar-refractivity contribution in [2.45, 2.75) is 6.92 Å². The van der Waals surface area contributed by atoms with Gasteiger partial charge in [-0.25, -0.2) is 4.98 Å². The van der Waals surface area contributed by atoms with E-state index in [1.54, 1.807) is 17.7 Å². The second-order valence-electron chi connectivity index (χ2n) is 5.10. The predicted octanol–water partition coefficient (Wildman–Crippen LogP) is 4.45. The number of benzene rings is 2. The molecular formula is C17H13Cl2N3O2. The number of imidazole rings is 1. The molecule has 0 saturated carbocycles. The van der Waals surface area contributed by atoms with E-state index in [0.29, 0.717) is 10.6 Å². The molecule has 0 aliphatic heterocycles. The van der Waals surface area contributed by atoms with E-state index >= 15 is 0 Å². The third-order valence-electron chi connectivity index (χ3n) is 3.55. The number of phenolic OH excluding ortho intramolecular Hbond substituents is 1. The smallest absolute Gasteiger partial charge is 0.292 e. The molecule has 1 aromatic heterocycles. The third-order valence-corrected chi connectivity index (χ3v) is 4.40. The van der Waals surface area contributed by atoms with Crippen LogP contribution in [-0.4, -0.2) is 20.6 Å². The molecule has 0 aliphatic carbocycles. The van der Waals surface area contributed by atoms with Gasteiger partial charge in [0, 0.05) is 23.1 Å². The minimum absolute atomic E-state index is 0.101.